The number of carbonyl (C=O) groups excluding carboxylic acids is 3. The van der Waals surface area contributed by atoms with E-state index in [0.717, 1.165) is 44.9 Å². The van der Waals surface area contributed by atoms with Gasteiger partial charge in [0.1, 0.15) is 25.2 Å². The van der Waals surface area contributed by atoms with Crippen LogP contribution in [0.15, 0.2) is 0 Å². The topological polar surface area (TPSA) is 179 Å². The zero-order valence-electron chi connectivity index (χ0n) is 24.3. The summed E-state index contributed by atoms with van der Waals surface area (Å²) < 4.78 is 31.7. The Hall–Kier alpha value is -0.520. The van der Waals surface area contributed by atoms with Crippen molar-refractivity contribution in [1.29, 1.82) is 0 Å². The van der Waals surface area contributed by atoms with Crippen molar-refractivity contribution in [3.63, 3.8) is 0 Å². The SMILES string of the molecule is CCCCCCCCCC(=O)OC[C@@H](COP(=O)([O-])OCC([NH3+])C(=O)[O-])OC(=O)CCCCCCCCC.[Na+]. The number of ether oxygens (including phenoxy) is 2. The Morgan fingerprint density at radius 1 is 0.718 bits per heavy atom. The summed E-state index contributed by atoms with van der Waals surface area (Å²) in [4.78, 5) is 47.1. The molecule has 3 N–H and O–H groups in total. The fraction of sp³-hybridized carbons (Fsp3) is 0.885. The number of carboxylic acids is 1. The summed E-state index contributed by atoms with van der Waals surface area (Å²) in [6.07, 6.45) is 13.7. The second-order valence-corrected chi connectivity index (χ2v) is 11.0. The van der Waals surface area contributed by atoms with E-state index in [1.807, 2.05) is 0 Å². The van der Waals surface area contributed by atoms with Crippen LogP contribution >= 0.6 is 7.82 Å². The average Bonchev–Trinajstić information content (AvgIpc) is 2.87. The van der Waals surface area contributed by atoms with E-state index in [1.54, 1.807) is 0 Å². The van der Waals surface area contributed by atoms with Crippen molar-refractivity contribution in [3.8, 4) is 0 Å². The van der Waals surface area contributed by atoms with E-state index in [4.69, 9.17) is 14.0 Å². The third kappa shape index (κ3) is 26.1. The maximum atomic E-state index is 12.3. The Kier molecular flexibility index (Phi) is 27.5. The number of carbonyl (C=O) groups is 3. The minimum absolute atomic E-state index is 0. The fourth-order valence-corrected chi connectivity index (χ4v) is 4.32. The van der Waals surface area contributed by atoms with Gasteiger partial charge in [0.2, 0.25) is 0 Å². The Balaban J connectivity index is 0. The first-order valence-corrected chi connectivity index (χ1v) is 15.6. The summed E-state index contributed by atoms with van der Waals surface area (Å²) in [6.45, 7) is 2.53. The number of aliphatic carboxylic acids is 1. The van der Waals surface area contributed by atoms with Gasteiger partial charge in [-0.25, -0.2) is 0 Å². The minimum atomic E-state index is -4.92. The van der Waals surface area contributed by atoms with Gasteiger partial charge in [-0.15, -0.1) is 0 Å². The molecule has 13 heteroatoms. The number of carboxylic acid groups (broad SMARTS) is 1. The van der Waals surface area contributed by atoms with Crippen molar-refractivity contribution in [1.82, 2.24) is 0 Å². The van der Waals surface area contributed by atoms with Gasteiger partial charge < -0.3 is 39.0 Å². The predicted octanol–water partition coefficient (Wildman–Crippen LogP) is -0.411. The largest absolute Gasteiger partial charge is 1.00 e. The summed E-state index contributed by atoms with van der Waals surface area (Å²) >= 11 is 0. The van der Waals surface area contributed by atoms with Crippen LogP contribution in [0.25, 0.3) is 0 Å². The third-order valence-electron chi connectivity index (χ3n) is 5.88. The van der Waals surface area contributed by atoms with Crippen LogP contribution in [0, 0.1) is 0 Å². The van der Waals surface area contributed by atoms with Crippen LogP contribution in [0.2, 0.25) is 0 Å². The number of esters is 2. The Labute approximate surface area is 256 Å². The van der Waals surface area contributed by atoms with Gasteiger partial charge in [-0.1, -0.05) is 90.9 Å². The second-order valence-electron chi connectivity index (χ2n) is 9.59. The first-order chi connectivity index (χ1) is 18.1. The number of hydrogen-bond acceptors (Lipinski definition) is 10. The number of quaternary nitrogens is 1. The molecule has 224 valence electrons. The van der Waals surface area contributed by atoms with E-state index in [9.17, 15) is 28.9 Å². The van der Waals surface area contributed by atoms with Crippen molar-refractivity contribution in [2.75, 3.05) is 19.8 Å². The quantitative estimate of drug-likeness (QED) is 0.0603. The zero-order chi connectivity index (χ0) is 28.7. The van der Waals surface area contributed by atoms with Gasteiger partial charge in [-0.2, -0.15) is 0 Å². The molecule has 0 aliphatic carbocycles. The molecule has 2 unspecified atom stereocenters. The van der Waals surface area contributed by atoms with Crippen LogP contribution in [0.1, 0.15) is 117 Å². The van der Waals surface area contributed by atoms with Gasteiger partial charge in [0.25, 0.3) is 7.82 Å². The van der Waals surface area contributed by atoms with E-state index in [2.05, 4.69) is 24.1 Å². The summed E-state index contributed by atoms with van der Waals surface area (Å²) in [5.41, 5.74) is 3.20. The predicted molar refractivity (Wildman–Crippen MR) is 137 cm³/mol. The van der Waals surface area contributed by atoms with E-state index in [1.165, 1.54) is 32.1 Å². The van der Waals surface area contributed by atoms with Gasteiger partial charge in [-0.05, 0) is 12.8 Å². The van der Waals surface area contributed by atoms with Gasteiger partial charge in [0, 0.05) is 12.8 Å². The number of phosphoric ester groups is 1. The summed E-state index contributed by atoms with van der Waals surface area (Å²) in [5, 5.41) is 10.7. The van der Waals surface area contributed by atoms with Gasteiger partial charge in [0.15, 0.2) is 6.10 Å². The molecule has 0 aromatic rings. The Morgan fingerprint density at radius 3 is 1.64 bits per heavy atom. The standard InChI is InChI=1S/C26H50NO10P.Na/c1-3-5-7-9-11-13-15-17-24(28)34-19-22(20-35-38(32,33)36-21-23(27)26(30)31)37-25(29)18-16-14-12-10-8-6-4-2;/h22-23H,3-21,27H2,1-2H3,(H,30,31)(H,32,33);/q;+1/p-1/t22-,23?;/m0./s1. The fourth-order valence-electron chi connectivity index (χ4n) is 3.53. The van der Waals surface area contributed by atoms with E-state index in [0.29, 0.717) is 12.8 Å². The minimum Gasteiger partial charge on any atom is -0.756 e. The van der Waals surface area contributed by atoms with Crippen LogP contribution < -0.4 is 45.3 Å². The molecule has 0 aliphatic heterocycles. The maximum Gasteiger partial charge on any atom is 1.00 e. The first kappa shape index (κ1) is 40.6. The molecular weight excluding hydrogens is 540 g/mol. The third-order valence-corrected chi connectivity index (χ3v) is 6.81. The van der Waals surface area contributed by atoms with Crippen molar-refractivity contribution in [2.45, 2.75) is 129 Å². The number of unbranched alkanes of at least 4 members (excludes halogenated alkanes) is 12. The van der Waals surface area contributed by atoms with Crippen LogP contribution in [-0.4, -0.2) is 49.9 Å². The molecule has 0 aliphatic rings. The number of phosphoric acid groups is 1. The van der Waals surface area contributed by atoms with Crippen LogP contribution in [0.5, 0.6) is 0 Å². The molecule has 0 radical (unpaired) electrons. The molecular formula is C26H49NNaO10P. The summed E-state index contributed by atoms with van der Waals surface area (Å²) in [7, 11) is -4.92. The van der Waals surface area contributed by atoms with Crippen molar-refractivity contribution >= 4 is 25.7 Å². The molecule has 0 rings (SSSR count). The number of hydrogen-bond donors (Lipinski definition) is 1. The number of rotatable bonds is 26. The van der Waals surface area contributed by atoms with E-state index < -0.39 is 51.1 Å². The molecule has 0 aromatic carbocycles. The Bertz CT molecular complexity index is 698. The van der Waals surface area contributed by atoms with E-state index >= 15 is 0 Å². The zero-order valence-corrected chi connectivity index (χ0v) is 27.2. The van der Waals surface area contributed by atoms with Gasteiger partial charge in [-0.3, -0.25) is 14.2 Å². The van der Waals surface area contributed by atoms with Crippen LogP contribution in [0.3, 0.4) is 0 Å². The molecule has 11 nitrogen and oxygen atoms in total. The molecule has 39 heavy (non-hydrogen) atoms. The first-order valence-electron chi connectivity index (χ1n) is 14.1. The smallest absolute Gasteiger partial charge is 0.756 e. The maximum absolute atomic E-state index is 12.3. The van der Waals surface area contributed by atoms with E-state index in [-0.39, 0.29) is 49.0 Å². The monoisotopic (exact) mass is 589 g/mol. The Morgan fingerprint density at radius 2 is 1.15 bits per heavy atom. The molecule has 0 spiro atoms. The average molecular weight is 590 g/mol. The molecule has 0 bridgehead atoms. The molecule has 0 aromatic heterocycles. The summed E-state index contributed by atoms with van der Waals surface area (Å²) in [5.74, 6) is -2.59. The molecule has 0 saturated carbocycles. The summed E-state index contributed by atoms with van der Waals surface area (Å²) in [6, 6.07) is -1.41. The van der Waals surface area contributed by atoms with Crippen molar-refractivity contribution < 1.29 is 82.8 Å². The molecule has 3 atom stereocenters. The molecule has 0 amide bonds. The van der Waals surface area contributed by atoms with Crippen LogP contribution in [0.4, 0.5) is 0 Å². The van der Waals surface area contributed by atoms with Crippen molar-refractivity contribution in [2.24, 2.45) is 0 Å². The van der Waals surface area contributed by atoms with Crippen LogP contribution in [-0.2, 0) is 37.5 Å². The molecule has 0 fully saturated rings. The van der Waals surface area contributed by atoms with Crippen molar-refractivity contribution in [3.05, 3.63) is 0 Å². The van der Waals surface area contributed by atoms with Gasteiger partial charge >= 0.3 is 41.5 Å². The molecule has 0 heterocycles. The molecule has 0 saturated heterocycles. The second kappa shape index (κ2) is 26.4. The normalized spacial score (nSPS) is 14.1. The van der Waals surface area contributed by atoms with Gasteiger partial charge in [0.05, 0.1) is 6.61 Å².